The number of hydrogen-bond donors (Lipinski definition) is 6. The number of phenols is 3. The van der Waals surface area contributed by atoms with Crippen molar-refractivity contribution in [2.24, 2.45) is 0 Å². The molecule has 30 heavy (non-hydrogen) atoms. The van der Waals surface area contributed by atoms with Crippen LogP contribution >= 0.6 is 0 Å². The van der Waals surface area contributed by atoms with Crippen molar-refractivity contribution < 1.29 is 44.5 Å². The summed E-state index contributed by atoms with van der Waals surface area (Å²) in [5.74, 6) is -1.50. The molecule has 2 aromatic carbocycles. The first kappa shape index (κ1) is 20.0. The van der Waals surface area contributed by atoms with Crippen molar-refractivity contribution in [2.45, 2.75) is 24.6 Å². The average Bonchev–Trinajstić information content (AvgIpc) is 2.97. The lowest BCUT2D eigenvalue weighted by molar-refractivity contribution is -0.117. The summed E-state index contributed by atoms with van der Waals surface area (Å²) in [5, 5.41) is 58.4. The van der Waals surface area contributed by atoms with Gasteiger partial charge in [-0.15, -0.1) is 0 Å². The zero-order valence-electron chi connectivity index (χ0n) is 15.3. The quantitative estimate of drug-likeness (QED) is 0.348. The Balaban J connectivity index is 1.90. The molecule has 0 radical (unpaired) electrons. The normalized spacial score (nSPS) is 23.7. The highest BCUT2D eigenvalue weighted by molar-refractivity contribution is 5.88. The van der Waals surface area contributed by atoms with Gasteiger partial charge in [0, 0.05) is 17.7 Å². The van der Waals surface area contributed by atoms with Crippen LogP contribution in [0, 0.1) is 0 Å². The lowest BCUT2D eigenvalue weighted by atomic mass is 10.1. The Morgan fingerprint density at radius 1 is 0.967 bits per heavy atom. The van der Waals surface area contributed by atoms with Gasteiger partial charge < -0.3 is 44.5 Å². The summed E-state index contributed by atoms with van der Waals surface area (Å²) in [4.78, 5) is 13.1. The van der Waals surface area contributed by atoms with E-state index >= 15 is 0 Å². The van der Waals surface area contributed by atoms with E-state index in [1.165, 1.54) is 24.3 Å². The monoisotopic (exact) mass is 418 g/mol. The molecule has 158 valence electrons. The van der Waals surface area contributed by atoms with Crippen LogP contribution in [0.15, 0.2) is 45.6 Å². The number of fused-ring (bicyclic) bond motifs is 1. The molecule has 0 aliphatic carbocycles. The topological polar surface area (TPSA) is 170 Å². The van der Waals surface area contributed by atoms with Crippen LogP contribution in [0.2, 0.25) is 0 Å². The SMILES string of the molecule is O=c1c(O[C@@H]2O[C@H](CO)[C@@H](O)[C@H]2O)c(-c2ccc(O)cc2)oc2cc(O)cc(O)c12. The molecule has 1 saturated heterocycles. The first-order valence-corrected chi connectivity index (χ1v) is 8.91. The highest BCUT2D eigenvalue weighted by Crippen LogP contribution is 2.37. The van der Waals surface area contributed by atoms with Gasteiger partial charge in [-0.05, 0) is 24.3 Å². The maximum absolute atomic E-state index is 13.1. The van der Waals surface area contributed by atoms with E-state index in [4.69, 9.17) is 13.9 Å². The molecule has 0 bridgehead atoms. The molecule has 1 aliphatic heterocycles. The van der Waals surface area contributed by atoms with Gasteiger partial charge in [-0.3, -0.25) is 4.79 Å². The fourth-order valence-corrected chi connectivity index (χ4v) is 3.26. The van der Waals surface area contributed by atoms with Crippen LogP contribution in [-0.2, 0) is 4.74 Å². The molecule has 1 aliphatic rings. The number of aliphatic hydroxyl groups excluding tert-OH is 3. The molecule has 4 atom stereocenters. The van der Waals surface area contributed by atoms with Gasteiger partial charge in [0.1, 0.15) is 46.5 Å². The molecule has 1 fully saturated rings. The zero-order valence-corrected chi connectivity index (χ0v) is 15.3. The first-order valence-electron chi connectivity index (χ1n) is 8.91. The summed E-state index contributed by atoms with van der Waals surface area (Å²) in [6.45, 7) is -0.588. The van der Waals surface area contributed by atoms with E-state index < -0.39 is 48.1 Å². The number of ether oxygens (including phenoxy) is 2. The summed E-state index contributed by atoms with van der Waals surface area (Å²) < 4.78 is 16.5. The number of aromatic hydroxyl groups is 3. The summed E-state index contributed by atoms with van der Waals surface area (Å²) >= 11 is 0. The van der Waals surface area contributed by atoms with Crippen molar-refractivity contribution in [2.75, 3.05) is 6.61 Å². The minimum atomic E-state index is -1.57. The number of benzene rings is 2. The Morgan fingerprint density at radius 2 is 1.67 bits per heavy atom. The van der Waals surface area contributed by atoms with E-state index in [1.807, 2.05) is 0 Å². The minimum absolute atomic E-state index is 0.0388. The van der Waals surface area contributed by atoms with E-state index in [0.29, 0.717) is 5.56 Å². The molecule has 0 unspecified atom stereocenters. The van der Waals surface area contributed by atoms with E-state index in [0.717, 1.165) is 12.1 Å². The van der Waals surface area contributed by atoms with Crippen LogP contribution in [0.1, 0.15) is 0 Å². The van der Waals surface area contributed by atoms with Crippen molar-refractivity contribution in [1.82, 2.24) is 0 Å². The van der Waals surface area contributed by atoms with E-state index in [-0.39, 0.29) is 28.2 Å². The van der Waals surface area contributed by atoms with Gasteiger partial charge in [-0.25, -0.2) is 0 Å². The van der Waals surface area contributed by atoms with Crippen molar-refractivity contribution in [1.29, 1.82) is 0 Å². The lowest BCUT2D eigenvalue weighted by Crippen LogP contribution is -2.36. The molecule has 0 amide bonds. The Kier molecular flexibility index (Phi) is 5.00. The highest BCUT2D eigenvalue weighted by atomic mass is 16.7. The maximum atomic E-state index is 13.1. The van der Waals surface area contributed by atoms with Crippen molar-refractivity contribution in [3.8, 4) is 34.3 Å². The molecule has 0 spiro atoms. The Bertz CT molecular complexity index is 1140. The standard InChI is InChI=1S/C20H18O10/c21-7-13-15(25)17(27)20(29-13)30-19-16(26)14-11(24)5-10(23)6-12(14)28-18(19)8-1-3-9(22)4-2-8/h1-6,13,15,17,20-25,27H,7H2/t13-,15-,17-,20+/m1/s1. The number of aliphatic hydroxyl groups is 3. The van der Waals surface area contributed by atoms with Crippen molar-refractivity contribution in [3.05, 3.63) is 46.6 Å². The third-order valence-electron chi connectivity index (χ3n) is 4.78. The summed E-state index contributed by atoms with van der Waals surface area (Å²) in [6, 6.07) is 7.65. The molecule has 3 aromatic rings. The van der Waals surface area contributed by atoms with Crippen LogP contribution in [-0.4, -0.2) is 61.8 Å². The second-order valence-electron chi connectivity index (χ2n) is 6.80. The van der Waals surface area contributed by atoms with Gasteiger partial charge in [-0.1, -0.05) is 0 Å². The van der Waals surface area contributed by atoms with Crippen LogP contribution in [0.3, 0.4) is 0 Å². The van der Waals surface area contributed by atoms with Gasteiger partial charge in [0.15, 0.2) is 5.76 Å². The van der Waals surface area contributed by atoms with Crippen LogP contribution in [0.25, 0.3) is 22.3 Å². The molecule has 6 N–H and O–H groups in total. The summed E-state index contributed by atoms with van der Waals surface area (Å²) in [7, 11) is 0. The van der Waals surface area contributed by atoms with Crippen molar-refractivity contribution in [3.63, 3.8) is 0 Å². The first-order chi connectivity index (χ1) is 14.3. The predicted octanol–water partition coefficient (Wildman–Crippen LogP) is 0.395. The molecular formula is C20H18O10. The van der Waals surface area contributed by atoms with E-state index in [1.54, 1.807) is 0 Å². The zero-order chi connectivity index (χ0) is 21.6. The lowest BCUT2D eigenvalue weighted by Gasteiger charge is -2.18. The Labute approximate surface area is 168 Å². The second-order valence-corrected chi connectivity index (χ2v) is 6.80. The van der Waals surface area contributed by atoms with Crippen LogP contribution in [0.5, 0.6) is 23.0 Å². The third kappa shape index (κ3) is 3.31. The average molecular weight is 418 g/mol. The second kappa shape index (κ2) is 7.50. The Hall–Kier alpha value is -3.31. The molecule has 4 rings (SSSR count). The van der Waals surface area contributed by atoms with Gasteiger partial charge in [-0.2, -0.15) is 0 Å². The molecule has 10 heteroatoms. The highest BCUT2D eigenvalue weighted by Gasteiger charge is 2.44. The minimum Gasteiger partial charge on any atom is -0.508 e. The number of rotatable bonds is 4. The molecule has 2 heterocycles. The van der Waals surface area contributed by atoms with Gasteiger partial charge in [0.25, 0.3) is 0 Å². The molecule has 10 nitrogen and oxygen atoms in total. The predicted molar refractivity (Wildman–Crippen MR) is 101 cm³/mol. The van der Waals surface area contributed by atoms with Crippen molar-refractivity contribution >= 4 is 11.0 Å². The Morgan fingerprint density at radius 3 is 2.30 bits per heavy atom. The molecule has 1 aromatic heterocycles. The van der Waals surface area contributed by atoms with Crippen LogP contribution < -0.4 is 10.2 Å². The molecule has 0 saturated carbocycles. The summed E-state index contributed by atoms with van der Waals surface area (Å²) in [6.07, 6.45) is -5.65. The fourth-order valence-electron chi connectivity index (χ4n) is 3.26. The maximum Gasteiger partial charge on any atom is 0.239 e. The van der Waals surface area contributed by atoms with Gasteiger partial charge >= 0.3 is 0 Å². The van der Waals surface area contributed by atoms with Gasteiger partial charge in [0.05, 0.1) is 6.61 Å². The van der Waals surface area contributed by atoms with E-state index in [9.17, 15) is 35.4 Å². The third-order valence-corrected chi connectivity index (χ3v) is 4.78. The number of hydrogen-bond acceptors (Lipinski definition) is 10. The van der Waals surface area contributed by atoms with Crippen LogP contribution in [0.4, 0.5) is 0 Å². The van der Waals surface area contributed by atoms with E-state index in [2.05, 4.69) is 0 Å². The molecular weight excluding hydrogens is 400 g/mol. The fraction of sp³-hybridized carbons (Fsp3) is 0.250. The largest absolute Gasteiger partial charge is 0.508 e. The smallest absolute Gasteiger partial charge is 0.239 e. The number of phenolic OH excluding ortho intramolecular Hbond substituents is 3. The summed E-state index contributed by atoms with van der Waals surface area (Å²) in [5.41, 5.74) is -0.653. The van der Waals surface area contributed by atoms with Gasteiger partial charge in [0.2, 0.25) is 17.5 Å².